The number of hydrogen-bond donors (Lipinski definition) is 1. The predicted molar refractivity (Wildman–Crippen MR) is 63.0 cm³/mol. The molecule has 78 valence electrons. The quantitative estimate of drug-likeness (QED) is 0.699. The van der Waals surface area contributed by atoms with Crippen LogP contribution in [0.4, 0.5) is 0 Å². The minimum absolute atomic E-state index is 0.0552. The van der Waals surface area contributed by atoms with E-state index >= 15 is 0 Å². The number of nitrogens with two attached hydrogens (primary N) is 1. The van der Waals surface area contributed by atoms with Gasteiger partial charge in [-0.05, 0) is 0 Å². The molecule has 0 aliphatic rings. The first-order valence-corrected chi connectivity index (χ1v) is 6.91. The summed E-state index contributed by atoms with van der Waals surface area (Å²) >= 11 is 0. The fourth-order valence-electron chi connectivity index (χ4n) is 0.759. The Bertz CT molecular complexity index is 160. The monoisotopic (exact) mass is 221 g/mol. The van der Waals surface area contributed by atoms with Crippen LogP contribution in [0.1, 0.15) is 27.7 Å². The number of hydrogen-bond acceptors (Lipinski definition) is 4. The van der Waals surface area contributed by atoms with Gasteiger partial charge >= 0.3 is 0 Å². The highest BCUT2D eigenvalue weighted by Gasteiger charge is 2.16. The van der Waals surface area contributed by atoms with Crippen LogP contribution in [0.5, 0.6) is 0 Å². The van der Waals surface area contributed by atoms with E-state index in [0.29, 0.717) is 5.25 Å². The highest BCUT2D eigenvalue weighted by molar-refractivity contribution is 8.76. The van der Waals surface area contributed by atoms with Gasteiger partial charge in [-0.3, -0.25) is 4.79 Å². The summed E-state index contributed by atoms with van der Waals surface area (Å²) in [5.41, 5.74) is 5.72. The summed E-state index contributed by atoms with van der Waals surface area (Å²) in [5.74, 6) is 0.941. The molecular weight excluding hydrogens is 202 g/mol. The SMILES string of the molecule is CC(C)SSCC(N)C(=O)C(C)C. The van der Waals surface area contributed by atoms with E-state index in [2.05, 4.69) is 13.8 Å². The summed E-state index contributed by atoms with van der Waals surface area (Å²) in [6.45, 7) is 8.05. The molecule has 0 fully saturated rings. The second-order valence-electron chi connectivity index (χ2n) is 3.59. The number of carbonyl (C=O) groups is 1. The van der Waals surface area contributed by atoms with Gasteiger partial charge in [0.1, 0.15) is 0 Å². The van der Waals surface area contributed by atoms with Gasteiger partial charge in [0, 0.05) is 16.9 Å². The maximum absolute atomic E-state index is 11.4. The Morgan fingerprint density at radius 1 is 1.31 bits per heavy atom. The Kier molecular flexibility index (Phi) is 6.91. The Balaban J connectivity index is 3.62. The van der Waals surface area contributed by atoms with Gasteiger partial charge in [-0.15, -0.1) is 0 Å². The first-order chi connectivity index (χ1) is 5.95. The molecule has 0 radical (unpaired) electrons. The Morgan fingerprint density at radius 3 is 2.23 bits per heavy atom. The van der Waals surface area contributed by atoms with Crippen LogP contribution in [0.15, 0.2) is 0 Å². The number of ketones is 1. The van der Waals surface area contributed by atoms with E-state index in [0.717, 1.165) is 5.75 Å². The van der Waals surface area contributed by atoms with Crippen LogP contribution in [0, 0.1) is 5.92 Å². The summed E-state index contributed by atoms with van der Waals surface area (Å²) in [6.07, 6.45) is 0. The maximum Gasteiger partial charge on any atom is 0.152 e. The van der Waals surface area contributed by atoms with Crippen molar-refractivity contribution in [1.29, 1.82) is 0 Å². The molecule has 0 saturated heterocycles. The molecule has 13 heavy (non-hydrogen) atoms. The van der Waals surface area contributed by atoms with E-state index in [4.69, 9.17) is 5.73 Å². The van der Waals surface area contributed by atoms with Gasteiger partial charge in [-0.25, -0.2) is 0 Å². The molecule has 0 bridgehead atoms. The zero-order valence-corrected chi connectivity index (χ0v) is 10.4. The molecule has 1 unspecified atom stereocenters. The van der Waals surface area contributed by atoms with E-state index in [1.54, 1.807) is 21.6 Å². The number of Topliss-reactive ketones (excluding diaryl/α,β-unsaturated/α-hetero) is 1. The summed E-state index contributed by atoms with van der Waals surface area (Å²) in [4.78, 5) is 11.4. The molecule has 4 heteroatoms. The topological polar surface area (TPSA) is 43.1 Å². The second-order valence-corrected chi connectivity index (χ2v) is 6.58. The van der Waals surface area contributed by atoms with Crippen molar-refractivity contribution in [2.75, 3.05) is 5.75 Å². The van der Waals surface area contributed by atoms with E-state index in [9.17, 15) is 4.79 Å². The molecule has 0 spiro atoms. The van der Waals surface area contributed by atoms with Gasteiger partial charge in [0.25, 0.3) is 0 Å². The standard InChI is InChI=1S/C9H19NOS2/c1-6(2)9(11)8(10)5-12-13-7(3)4/h6-8H,5,10H2,1-4H3. The molecule has 0 aromatic heterocycles. The lowest BCUT2D eigenvalue weighted by Crippen LogP contribution is -2.35. The highest BCUT2D eigenvalue weighted by Crippen LogP contribution is 2.26. The van der Waals surface area contributed by atoms with Crippen molar-refractivity contribution in [3.63, 3.8) is 0 Å². The summed E-state index contributed by atoms with van der Waals surface area (Å²) in [6, 6.07) is -0.295. The van der Waals surface area contributed by atoms with Gasteiger partial charge in [0.15, 0.2) is 5.78 Å². The van der Waals surface area contributed by atoms with Gasteiger partial charge in [0.05, 0.1) is 6.04 Å². The maximum atomic E-state index is 11.4. The molecular formula is C9H19NOS2. The fraction of sp³-hybridized carbons (Fsp3) is 0.889. The molecule has 0 aromatic carbocycles. The normalized spacial score (nSPS) is 13.8. The summed E-state index contributed by atoms with van der Waals surface area (Å²) in [5, 5.41) is 0.589. The third-order valence-electron chi connectivity index (χ3n) is 1.44. The van der Waals surface area contributed by atoms with Gasteiger partial charge in [-0.1, -0.05) is 49.3 Å². The zero-order chi connectivity index (χ0) is 10.4. The summed E-state index contributed by atoms with van der Waals surface area (Å²) in [7, 11) is 3.46. The first-order valence-electron chi connectivity index (χ1n) is 4.52. The zero-order valence-electron chi connectivity index (χ0n) is 8.74. The third-order valence-corrected chi connectivity index (χ3v) is 4.43. The van der Waals surface area contributed by atoms with Crippen LogP contribution < -0.4 is 5.73 Å². The number of rotatable bonds is 6. The lowest BCUT2D eigenvalue weighted by atomic mass is 10.0. The van der Waals surface area contributed by atoms with Crippen LogP contribution in [-0.2, 0) is 4.79 Å². The lowest BCUT2D eigenvalue weighted by molar-refractivity contribution is -0.122. The molecule has 0 amide bonds. The minimum Gasteiger partial charge on any atom is -0.321 e. The molecule has 0 saturated carbocycles. The molecule has 0 aromatic rings. The van der Waals surface area contributed by atoms with E-state index in [-0.39, 0.29) is 17.7 Å². The van der Waals surface area contributed by atoms with Crippen LogP contribution in [0.25, 0.3) is 0 Å². The number of carbonyl (C=O) groups excluding carboxylic acids is 1. The van der Waals surface area contributed by atoms with Crippen molar-refractivity contribution >= 4 is 27.4 Å². The smallest absolute Gasteiger partial charge is 0.152 e. The molecule has 2 N–H and O–H groups in total. The van der Waals surface area contributed by atoms with Crippen LogP contribution >= 0.6 is 21.6 Å². The van der Waals surface area contributed by atoms with Crippen molar-refractivity contribution in [3.05, 3.63) is 0 Å². The molecule has 2 nitrogen and oxygen atoms in total. The summed E-state index contributed by atoms with van der Waals surface area (Å²) < 4.78 is 0. The van der Waals surface area contributed by atoms with Crippen molar-refractivity contribution in [1.82, 2.24) is 0 Å². The van der Waals surface area contributed by atoms with Crippen LogP contribution in [0.3, 0.4) is 0 Å². The molecule has 1 atom stereocenters. The van der Waals surface area contributed by atoms with Gasteiger partial charge < -0.3 is 5.73 Å². The van der Waals surface area contributed by atoms with Crippen molar-refractivity contribution in [2.24, 2.45) is 11.7 Å². The molecule has 0 heterocycles. The predicted octanol–water partition coefficient (Wildman–Crippen LogP) is 2.33. The van der Waals surface area contributed by atoms with Crippen molar-refractivity contribution < 1.29 is 4.79 Å². The molecule has 0 rings (SSSR count). The van der Waals surface area contributed by atoms with Gasteiger partial charge in [0.2, 0.25) is 0 Å². The van der Waals surface area contributed by atoms with Crippen molar-refractivity contribution in [3.8, 4) is 0 Å². The van der Waals surface area contributed by atoms with E-state index < -0.39 is 0 Å². The minimum atomic E-state index is -0.295. The van der Waals surface area contributed by atoms with E-state index in [1.807, 2.05) is 13.8 Å². The third kappa shape index (κ3) is 6.41. The second kappa shape index (κ2) is 6.74. The highest BCUT2D eigenvalue weighted by atomic mass is 33.1. The average Bonchev–Trinajstić information content (AvgIpc) is 2.02. The van der Waals surface area contributed by atoms with Gasteiger partial charge in [-0.2, -0.15) is 0 Å². The fourth-order valence-corrected chi connectivity index (χ4v) is 2.91. The lowest BCUT2D eigenvalue weighted by Gasteiger charge is -2.12. The Labute approximate surface area is 88.8 Å². The Hall–Kier alpha value is 0.330. The first kappa shape index (κ1) is 13.3. The van der Waals surface area contributed by atoms with Crippen LogP contribution in [0.2, 0.25) is 0 Å². The largest absolute Gasteiger partial charge is 0.321 e. The molecule has 0 aliphatic heterocycles. The van der Waals surface area contributed by atoms with Crippen LogP contribution in [-0.4, -0.2) is 22.8 Å². The average molecular weight is 221 g/mol. The van der Waals surface area contributed by atoms with E-state index in [1.165, 1.54) is 0 Å². The van der Waals surface area contributed by atoms with Crippen molar-refractivity contribution in [2.45, 2.75) is 39.0 Å². The Morgan fingerprint density at radius 2 is 1.85 bits per heavy atom. The molecule has 0 aliphatic carbocycles.